The Hall–Kier alpha value is -5.19. The van der Waals surface area contributed by atoms with E-state index in [2.05, 4.69) is 20.9 Å². The summed E-state index contributed by atoms with van der Waals surface area (Å²) in [4.78, 5) is 44.6. The van der Waals surface area contributed by atoms with Crippen molar-refractivity contribution >= 4 is 57.7 Å². The number of amides is 3. The Morgan fingerprint density at radius 2 is 1.63 bits per heavy atom. The molecule has 0 saturated heterocycles. The number of nitrogens with zero attached hydrogens (tertiary/aromatic N) is 1. The fourth-order valence-electron chi connectivity index (χ4n) is 4.46. The fraction of sp³-hybridized carbons (Fsp3) is 0.111. The normalized spacial score (nSPS) is 11.8. The molecule has 46 heavy (non-hydrogen) atoms. The van der Waals surface area contributed by atoms with E-state index < -0.39 is 11.2 Å². The molecule has 0 bridgehead atoms. The Labute approximate surface area is 275 Å². The number of carbonyl (C=O) groups excluding carboxylic acids is 3. The number of hydrogen-bond donors (Lipinski definition) is 3. The molecule has 0 fully saturated rings. The highest BCUT2D eigenvalue weighted by molar-refractivity contribution is 8.00. The molecule has 10 heteroatoms. The molecule has 8 nitrogen and oxygen atoms in total. The van der Waals surface area contributed by atoms with Crippen molar-refractivity contribution in [2.45, 2.75) is 24.0 Å². The fourth-order valence-corrected chi connectivity index (χ4v) is 6.04. The van der Waals surface area contributed by atoms with Gasteiger partial charge >= 0.3 is 0 Å². The van der Waals surface area contributed by atoms with Crippen LogP contribution in [0.4, 0.5) is 10.8 Å². The summed E-state index contributed by atoms with van der Waals surface area (Å²) in [5, 5.41) is 10.5. The maximum atomic E-state index is 13.4. The molecule has 0 spiro atoms. The van der Waals surface area contributed by atoms with Crippen LogP contribution in [-0.2, 0) is 9.59 Å². The van der Waals surface area contributed by atoms with Crippen molar-refractivity contribution in [2.24, 2.45) is 0 Å². The van der Waals surface area contributed by atoms with Gasteiger partial charge in [0.1, 0.15) is 11.4 Å². The van der Waals surface area contributed by atoms with Crippen LogP contribution >= 0.6 is 23.1 Å². The van der Waals surface area contributed by atoms with Gasteiger partial charge in [-0.25, -0.2) is 4.98 Å². The largest absolute Gasteiger partial charge is 0.496 e. The van der Waals surface area contributed by atoms with Gasteiger partial charge in [0.05, 0.1) is 18.1 Å². The molecular formula is C36H32N4O4S2. The maximum absolute atomic E-state index is 13.4. The Bertz CT molecular complexity index is 1870. The van der Waals surface area contributed by atoms with Crippen LogP contribution in [0, 0.1) is 6.92 Å². The van der Waals surface area contributed by atoms with Gasteiger partial charge in [0.25, 0.3) is 11.8 Å². The first kappa shape index (κ1) is 32.2. The number of para-hydroxylation sites is 1. The highest BCUT2D eigenvalue weighted by Crippen LogP contribution is 2.32. The zero-order valence-corrected chi connectivity index (χ0v) is 27.1. The minimum atomic E-state index is -0.463. The Kier molecular flexibility index (Phi) is 10.6. The maximum Gasteiger partial charge on any atom is 0.272 e. The number of rotatable bonds is 11. The second kappa shape index (κ2) is 15.2. The van der Waals surface area contributed by atoms with Crippen LogP contribution in [0.3, 0.4) is 0 Å². The summed E-state index contributed by atoms with van der Waals surface area (Å²) in [6.07, 6.45) is 1.65. The molecule has 0 aliphatic heterocycles. The van der Waals surface area contributed by atoms with E-state index in [9.17, 15) is 14.4 Å². The molecule has 1 unspecified atom stereocenters. The van der Waals surface area contributed by atoms with Gasteiger partial charge in [-0.15, -0.1) is 23.1 Å². The number of aryl methyl sites for hydroxylation is 1. The zero-order chi connectivity index (χ0) is 32.5. The lowest BCUT2D eigenvalue weighted by molar-refractivity contribution is -0.115. The zero-order valence-electron chi connectivity index (χ0n) is 25.4. The summed E-state index contributed by atoms with van der Waals surface area (Å²) >= 11 is 2.74. The number of benzene rings is 4. The average molecular weight is 649 g/mol. The van der Waals surface area contributed by atoms with Crippen molar-refractivity contribution in [3.63, 3.8) is 0 Å². The van der Waals surface area contributed by atoms with Gasteiger partial charge in [0, 0.05) is 27.1 Å². The predicted octanol–water partition coefficient (Wildman–Crippen LogP) is 7.66. The molecule has 1 aromatic heterocycles. The van der Waals surface area contributed by atoms with Crippen molar-refractivity contribution < 1.29 is 19.1 Å². The Balaban J connectivity index is 1.21. The van der Waals surface area contributed by atoms with E-state index in [1.54, 1.807) is 49.6 Å². The molecule has 5 aromatic rings. The van der Waals surface area contributed by atoms with Gasteiger partial charge < -0.3 is 20.7 Å². The van der Waals surface area contributed by atoms with E-state index in [1.165, 1.54) is 23.1 Å². The number of aromatic nitrogens is 1. The first-order valence-corrected chi connectivity index (χ1v) is 16.2. The lowest BCUT2D eigenvalue weighted by atomic mass is 10.1. The summed E-state index contributed by atoms with van der Waals surface area (Å²) < 4.78 is 5.43. The van der Waals surface area contributed by atoms with Gasteiger partial charge in [0.15, 0.2) is 5.13 Å². The van der Waals surface area contributed by atoms with Crippen LogP contribution in [-0.4, -0.2) is 35.1 Å². The smallest absolute Gasteiger partial charge is 0.272 e. The summed E-state index contributed by atoms with van der Waals surface area (Å²) in [7, 11) is 1.61. The molecule has 1 heterocycles. The average Bonchev–Trinajstić information content (AvgIpc) is 3.53. The summed E-state index contributed by atoms with van der Waals surface area (Å²) in [5.41, 5.74) is 4.49. The molecule has 0 radical (unpaired) electrons. The standard InChI is InChI=1S/C36H32N4O4S2/c1-23-10-9-11-25(20-23)21-30(38-34(42)26-12-5-4-6-13-26)35(43)37-27-16-18-28(19-17-27)46-24(2)33(41)40-36-39-31(22-45-36)29-14-7-8-15-32(29)44-3/h4-22,24H,1-3H3,(H,37,43)(H,38,42)(H,39,40,41)/b30-21-. The summed E-state index contributed by atoms with van der Waals surface area (Å²) in [5.74, 6) is -0.314. The van der Waals surface area contributed by atoms with E-state index in [4.69, 9.17) is 4.74 Å². The summed E-state index contributed by atoms with van der Waals surface area (Å²) in [6.45, 7) is 3.78. The third-order valence-corrected chi connectivity index (χ3v) is 8.66. The van der Waals surface area contributed by atoms with Gasteiger partial charge in [-0.3, -0.25) is 14.4 Å². The number of ether oxygens (including phenoxy) is 1. The van der Waals surface area contributed by atoms with E-state index >= 15 is 0 Å². The second-order valence-electron chi connectivity index (χ2n) is 10.3. The van der Waals surface area contributed by atoms with Crippen LogP contribution < -0.4 is 20.7 Å². The molecule has 0 aliphatic rings. The topological polar surface area (TPSA) is 109 Å². The number of thioether (sulfide) groups is 1. The third-order valence-electron chi connectivity index (χ3n) is 6.79. The number of anilines is 2. The Morgan fingerprint density at radius 1 is 0.891 bits per heavy atom. The molecule has 3 N–H and O–H groups in total. The molecule has 0 aliphatic carbocycles. The van der Waals surface area contributed by atoms with Gasteiger partial charge in [-0.05, 0) is 74.0 Å². The van der Waals surface area contributed by atoms with Crippen molar-refractivity contribution in [1.29, 1.82) is 0 Å². The van der Waals surface area contributed by atoms with E-state index in [0.717, 1.165) is 27.3 Å². The number of carbonyl (C=O) groups is 3. The van der Waals surface area contributed by atoms with Gasteiger partial charge in [0.2, 0.25) is 5.91 Å². The van der Waals surface area contributed by atoms with E-state index in [-0.39, 0.29) is 17.5 Å². The van der Waals surface area contributed by atoms with Crippen molar-refractivity contribution in [3.05, 3.63) is 131 Å². The second-order valence-corrected chi connectivity index (χ2v) is 12.5. The summed E-state index contributed by atoms with van der Waals surface area (Å²) in [6, 6.07) is 31.2. The number of hydrogen-bond acceptors (Lipinski definition) is 7. The van der Waals surface area contributed by atoms with Gasteiger partial charge in [-0.1, -0.05) is 60.2 Å². The lowest BCUT2D eigenvalue weighted by Gasteiger charge is -2.13. The van der Waals surface area contributed by atoms with Crippen molar-refractivity contribution in [3.8, 4) is 17.0 Å². The van der Waals surface area contributed by atoms with E-state index in [0.29, 0.717) is 22.1 Å². The molecule has 4 aromatic carbocycles. The monoisotopic (exact) mass is 648 g/mol. The van der Waals surface area contributed by atoms with Crippen molar-refractivity contribution in [2.75, 3.05) is 17.7 Å². The van der Waals surface area contributed by atoms with Crippen LogP contribution in [0.5, 0.6) is 5.75 Å². The molecule has 3 amide bonds. The molecule has 5 rings (SSSR count). The number of thiazole rings is 1. The van der Waals surface area contributed by atoms with Crippen LogP contribution in [0.15, 0.2) is 119 Å². The van der Waals surface area contributed by atoms with E-state index in [1.807, 2.05) is 86.0 Å². The third kappa shape index (κ3) is 8.50. The predicted molar refractivity (Wildman–Crippen MR) is 186 cm³/mol. The highest BCUT2D eigenvalue weighted by atomic mass is 32.2. The van der Waals surface area contributed by atoms with Gasteiger partial charge in [-0.2, -0.15) is 0 Å². The first-order valence-electron chi connectivity index (χ1n) is 14.4. The van der Waals surface area contributed by atoms with Crippen molar-refractivity contribution in [1.82, 2.24) is 10.3 Å². The SMILES string of the molecule is COc1ccccc1-c1csc(NC(=O)C(C)Sc2ccc(NC(=O)/C(=C/c3cccc(C)c3)NC(=O)c3ccccc3)cc2)n1. The van der Waals surface area contributed by atoms with Crippen LogP contribution in [0.25, 0.3) is 17.3 Å². The molecule has 232 valence electrons. The van der Waals surface area contributed by atoms with Crippen LogP contribution in [0.2, 0.25) is 0 Å². The number of methoxy groups -OCH3 is 1. The molecular weight excluding hydrogens is 617 g/mol. The minimum Gasteiger partial charge on any atom is -0.496 e. The minimum absolute atomic E-state index is 0.110. The lowest BCUT2D eigenvalue weighted by Crippen LogP contribution is -2.30. The molecule has 1 atom stereocenters. The first-order chi connectivity index (χ1) is 22.3. The van der Waals surface area contributed by atoms with Crippen LogP contribution in [0.1, 0.15) is 28.4 Å². The highest BCUT2D eigenvalue weighted by Gasteiger charge is 2.18. The molecule has 0 saturated carbocycles. The Morgan fingerprint density at radius 3 is 2.37 bits per heavy atom. The quantitative estimate of drug-likeness (QED) is 0.100. The number of nitrogens with one attached hydrogen (secondary N) is 3.